The number of carboxylic acid groups (broad SMARTS) is 1. The Morgan fingerprint density at radius 2 is 2.46 bits per heavy atom. The number of hydrogen-bond donors (Lipinski definition) is 2. The average Bonchev–Trinajstić information content (AvgIpc) is 2.31. The molecule has 1 rings (SSSR count). The van der Waals surface area contributed by atoms with Crippen LogP contribution in [0.2, 0.25) is 0 Å². The Morgan fingerprint density at radius 1 is 1.85 bits per heavy atom. The minimum Gasteiger partial charge on any atom is -0.481 e. The fourth-order valence-corrected chi connectivity index (χ4v) is 1.32. The van der Waals surface area contributed by atoms with Crippen LogP contribution in [0, 0.1) is 6.92 Å². The van der Waals surface area contributed by atoms with Crippen LogP contribution in [0.5, 0.6) is 0 Å². The molecule has 0 saturated carbocycles. The van der Waals surface area contributed by atoms with Gasteiger partial charge in [0.05, 0.1) is 11.6 Å². The highest BCUT2D eigenvalue weighted by Gasteiger charge is 2.21. The van der Waals surface area contributed by atoms with Crippen molar-refractivity contribution in [1.82, 2.24) is 9.78 Å². The third-order valence-corrected chi connectivity index (χ3v) is 1.96. The number of hydrogen-bond acceptors (Lipinski definition) is 3. The first-order valence-corrected chi connectivity index (χ1v) is 3.99. The highest BCUT2D eigenvalue weighted by atomic mass is 16.4. The molecule has 13 heavy (non-hydrogen) atoms. The Bertz CT molecular complexity index is 319. The van der Waals surface area contributed by atoms with Crippen molar-refractivity contribution in [3.63, 3.8) is 0 Å². The van der Waals surface area contributed by atoms with E-state index in [2.05, 4.69) is 5.10 Å². The summed E-state index contributed by atoms with van der Waals surface area (Å²) in [4.78, 5) is 10.8. The SMILES string of the molecule is Cc1nn(C)cc1C(CN)C(=O)O. The molecule has 0 aliphatic heterocycles. The van der Waals surface area contributed by atoms with E-state index < -0.39 is 11.9 Å². The van der Waals surface area contributed by atoms with Crippen LogP contribution in [0.25, 0.3) is 0 Å². The third-order valence-electron chi connectivity index (χ3n) is 1.96. The summed E-state index contributed by atoms with van der Waals surface area (Å²) in [7, 11) is 1.76. The fourth-order valence-electron chi connectivity index (χ4n) is 1.32. The molecular weight excluding hydrogens is 170 g/mol. The lowest BCUT2D eigenvalue weighted by Crippen LogP contribution is -2.21. The molecular formula is C8H13N3O2. The van der Waals surface area contributed by atoms with E-state index in [1.807, 2.05) is 0 Å². The number of aliphatic carboxylic acids is 1. The van der Waals surface area contributed by atoms with Crippen LogP contribution in [0.1, 0.15) is 17.2 Å². The maximum absolute atomic E-state index is 10.8. The molecule has 0 saturated heterocycles. The van der Waals surface area contributed by atoms with Gasteiger partial charge in [-0.1, -0.05) is 0 Å². The summed E-state index contributed by atoms with van der Waals surface area (Å²) in [5, 5.41) is 12.9. The predicted octanol–water partition coefficient (Wildman–Crippen LogP) is -0.145. The van der Waals surface area contributed by atoms with E-state index in [-0.39, 0.29) is 6.54 Å². The standard InChI is InChI=1S/C8H13N3O2/c1-5-7(4-11(2)10-5)6(3-9)8(12)13/h4,6H,3,9H2,1-2H3,(H,12,13). The number of rotatable bonds is 3. The van der Waals surface area contributed by atoms with Gasteiger partial charge in [-0.05, 0) is 6.92 Å². The second-order valence-corrected chi connectivity index (χ2v) is 2.97. The zero-order chi connectivity index (χ0) is 10.0. The maximum atomic E-state index is 10.8. The number of carbonyl (C=O) groups is 1. The first kappa shape index (κ1) is 9.73. The molecule has 0 aromatic carbocycles. The van der Waals surface area contributed by atoms with E-state index >= 15 is 0 Å². The van der Waals surface area contributed by atoms with E-state index in [1.54, 1.807) is 24.9 Å². The number of nitrogens with zero attached hydrogens (tertiary/aromatic N) is 2. The Hall–Kier alpha value is -1.36. The summed E-state index contributed by atoms with van der Waals surface area (Å²) in [5.41, 5.74) is 6.78. The molecule has 1 aromatic heterocycles. The number of nitrogens with two attached hydrogens (primary N) is 1. The Balaban J connectivity index is 3.04. The highest BCUT2D eigenvalue weighted by Crippen LogP contribution is 2.17. The molecule has 0 aliphatic rings. The van der Waals surface area contributed by atoms with Crippen molar-refractivity contribution < 1.29 is 9.90 Å². The lowest BCUT2D eigenvalue weighted by atomic mass is 10.0. The van der Waals surface area contributed by atoms with E-state index in [9.17, 15) is 4.79 Å². The molecule has 1 heterocycles. The summed E-state index contributed by atoms with van der Waals surface area (Å²) in [6.07, 6.45) is 1.70. The second-order valence-electron chi connectivity index (χ2n) is 2.97. The zero-order valence-corrected chi connectivity index (χ0v) is 7.69. The molecule has 0 fully saturated rings. The number of aromatic nitrogens is 2. The van der Waals surface area contributed by atoms with Crippen LogP contribution in [0.4, 0.5) is 0 Å². The van der Waals surface area contributed by atoms with Crippen molar-refractivity contribution in [2.75, 3.05) is 6.54 Å². The van der Waals surface area contributed by atoms with Crippen LogP contribution >= 0.6 is 0 Å². The first-order chi connectivity index (χ1) is 6.06. The highest BCUT2D eigenvalue weighted by molar-refractivity contribution is 5.76. The summed E-state index contributed by atoms with van der Waals surface area (Å²) in [6.45, 7) is 1.88. The molecule has 72 valence electrons. The van der Waals surface area contributed by atoms with Gasteiger partial charge in [-0.3, -0.25) is 9.48 Å². The van der Waals surface area contributed by atoms with E-state index in [1.165, 1.54) is 0 Å². The minimum absolute atomic E-state index is 0.0991. The van der Waals surface area contributed by atoms with Gasteiger partial charge in [-0.25, -0.2) is 0 Å². The summed E-state index contributed by atoms with van der Waals surface area (Å²) in [5.74, 6) is -1.55. The predicted molar refractivity (Wildman–Crippen MR) is 47.4 cm³/mol. The summed E-state index contributed by atoms with van der Waals surface area (Å²) >= 11 is 0. The molecule has 5 heteroatoms. The Morgan fingerprint density at radius 3 is 2.77 bits per heavy atom. The molecule has 5 nitrogen and oxygen atoms in total. The van der Waals surface area contributed by atoms with Crippen LogP contribution in [0.3, 0.4) is 0 Å². The monoisotopic (exact) mass is 183 g/mol. The van der Waals surface area contributed by atoms with Gasteiger partial charge in [-0.15, -0.1) is 0 Å². The molecule has 0 amide bonds. The normalized spacial score (nSPS) is 12.8. The summed E-state index contributed by atoms with van der Waals surface area (Å²) in [6, 6.07) is 0. The molecule has 1 atom stereocenters. The molecule has 3 N–H and O–H groups in total. The maximum Gasteiger partial charge on any atom is 0.312 e. The topological polar surface area (TPSA) is 81.1 Å². The van der Waals surface area contributed by atoms with Gasteiger partial charge in [-0.2, -0.15) is 5.10 Å². The molecule has 1 unspecified atom stereocenters. The zero-order valence-electron chi connectivity index (χ0n) is 7.69. The molecule has 0 bridgehead atoms. The van der Waals surface area contributed by atoms with Gasteiger partial charge in [0.15, 0.2) is 0 Å². The second kappa shape index (κ2) is 3.57. The first-order valence-electron chi connectivity index (χ1n) is 3.99. The van der Waals surface area contributed by atoms with Crippen LogP contribution in [-0.2, 0) is 11.8 Å². The van der Waals surface area contributed by atoms with Crippen molar-refractivity contribution >= 4 is 5.97 Å². The lowest BCUT2D eigenvalue weighted by Gasteiger charge is -2.07. The van der Waals surface area contributed by atoms with Crippen LogP contribution < -0.4 is 5.73 Å². The molecule has 0 aliphatic carbocycles. The van der Waals surface area contributed by atoms with Crippen molar-refractivity contribution in [2.24, 2.45) is 12.8 Å². The van der Waals surface area contributed by atoms with Gasteiger partial charge >= 0.3 is 5.97 Å². The third kappa shape index (κ3) is 1.86. The average molecular weight is 183 g/mol. The fraction of sp³-hybridized carbons (Fsp3) is 0.500. The van der Waals surface area contributed by atoms with Crippen molar-refractivity contribution in [1.29, 1.82) is 0 Å². The summed E-state index contributed by atoms with van der Waals surface area (Å²) < 4.78 is 1.59. The van der Waals surface area contributed by atoms with Crippen LogP contribution in [-0.4, -0.2) is 27.4 Å². The van der Waals surface area contributed by atoms with E-state index in [0.29, 0.717) is 5.56 Å². The van der Waals surface area contributed by atoms with Crippen LogP contribution in [0.15, 0.2) is 6.20 Å². The van der Waals surface area contributed by atoms with Crippen molar-refractivity contribution in [3.8, 4) is 0 Å². The van der Waals surface area contributed by atoms with Gasteiger partial charge in [0.2, 0.25) is 0 Å². The molecule has 0 radical (unpaired) electrons. The van der Waals surface area contributed by atoms with E-state index in [4.69, 9.17) is 10.8 Å². The van der Waals surface area contributed by atoms with Gasteiger partial charge in [0.1, 0.15) is 0 Å². The number of carboxylic acids is 1. The largest absolute Gasteiger partial charge is 0.481 e. The minimum atomic E-state index is -0.904. The Labute approximate surface area is 76.2 Å². The van der Waals surface area contributed by atoms with E-state index in [0.717, 1.165) is 5.69 Å². The molecule has 0 spiro atoms. The molecule has 1 aromatic rings. The Kier molecular flexibility index (Phi) is 2.67. The lowest BCUT2D eigenvalue weighted by molar-refractivity contribution is -0.138. The quantitative estimate of drug-likeness (QED) is 0.683. The van der Waals surface area contributed by atoms with Gasteiger partial charge < -0.3 is 10.8 Å². The van der Waals surface area contributed by atoms with Gasteiger partial charge in [0, 0.05) is 25.4 Å². The van der Waals surface area contributed by atoms with Crippen molar-refractivity contribution in [2.45, 2.75) is 12.8 Å². The number of aryl methyl sites for hydroxylation is 2. The van der Waals surface area contributed by atoms with Gasteiger partial charge in [0.25, 0.3) is 0 Å². The smallest absolute Gasteiger partial charge is 0.312 e. The van der Waals surface area contributed by atoms with Crippen molar-refractivity contribution in [3.05, 3.63) is 17.5 Å².